The molecule has 0 aromatic carbocycles. The van der Waals surface area contributed by atoms with Gasteiger partial charge in [0.15, 0.2) is 5.65 Å². The molecule has 0 amide bonds. The lowest BCUT2D eigenvalue weighted by molar-refractivity contribution is 0.772. The van der Waals surface area contributed by atoms with Crippen LogP contribution in [0.25, 0.3) is 11.0 Å². The van der Waals surface area contributed by atoms with Crippen LogP contribution < -0.4 is 10.9 Å². The summed E-state index contributed by atoms with van der Waals surface area (Å²) >= 11 is 6.13. The number of hydrogen-bond acceptors (Lipinski definition) is 5. The molecule has 0 fully saturated rings. The Labute approximate surface area is 142 Å². The van der Waals surface area contributed by atoms with Gasteiger partial charge in [0.2, 0.25) is 0 Å². The minimum absolute atomic E-state index is 0.159. The predicted octanol–water partition coefficient (Wildman–Crippen LogP) is 2.41. The van der Waals surface area contributed by atoms with Crippen molar-refractivity contribution in [1.82, 2.24) is 19.7 Å². The first-order valence-electron chi connectivity index (χ1n) is 7.26. The van der Waals surface area contributed by atoms with Gasteiger partial charge in [0.05, 0.1) is 16.0 Å². The SMILES string of the molecule is Cc1nc2c(c(C)c1CNc1ncc(C#N)cc1Cl)c(=O)[nH]n2C. The summed E-state index contributed by atoms with van der Waals surface area (Å²) in [5, 5.41) is 15.7. The molecule has 0 bridgehead atoms. The average Bonchev–Trinajstić information content (AvgIpc) is 2.82. The van der Waals surface area contributed by atoms with Crippen molar-refractivity contribution in [3.63, 3.8) is 0 Å². The summed E-state index contributed by atoms with van der Waals surface area (Å²) in [5.74, 6) is 0.483. The first-order valence-corrected chi connectivity index (χ1v) is 7.64. The quantitative estimate of drug-likeness (QED) is 0.761. The van der Waals surface area contributed by atoms with E-state index in [0.717, 1.165) is 16.8 Å². The second-order valence-corrected chi connectivity index (χ2v) is 5.93. The highest BCUT2D eigenvalue weighted by Gasteiger charge is 2.15. The summed E-state index contributed by atoms with van der Waals surface area (Å²) in [5.41, 5.74) is 3.49. The molecule has 8 heteroatoms. The number of aromatic amines is 1. The number of halogens is 1. The van der Waals surface area contributed by atoms with E-state index in [-0.39, 0.29) is 5.56 Å². The monoisotopic (exact) mass is 342 g/mol. The Hall–Kier alpha value is -2.85. The topological polar surface area (TPSA) is 99.4 Å². The molecule has 2 N–H and O–H groups in total. The maximum Gasteiger partial charge on any atom is 0.273 e. The van der Waals surface area contributed by atoms with E-state index >= 15 is 0 Å². The number of H-pyrrole nitrogens is 1. The summed E-state index contributed by atoms with van der Waals surface area (Å²) in [6, 6.07) is 3.55. The zero-order valence-corrected chi connectivity index (χ0v) is 14.2. The number of nitriles is 1. The molecule has 0 aliphatic carbocycles. The van der Waals surface area contributed by atoms with Gasteiger partial charge in [0.25, 0.3) is 5.56 Å². The fraction of sp³-hybridized carbons (Fsp3) is 0.250. The number of hydrogen-bond donors (Lipinski definition) is 2. The second-order valence-electron chi connectivity index (χ2n) is 5.52. The Morgan fingerprint density at radius 1 is 1.46 bits per heavy atom. The number of anilines is 1. The number of rotatable bonds is 3. The van der Waals surface area contributed by atoms with Crippen molar-refractivity contribution in [2.75, 3.05) is 5.32 Å². The summed E-state index contributed by atoms with van der Waals surface area (Å²) in [4.78, 5) is 20.7. The Kier molecular flexibility index (Phi) is 3.99. The van der Waals surface area contributed by atoms with Crippen molar-refractivity contribution in [3.8, 4) is 6.07 Å². The van der Waals surface area contributed by atoms with Crippen molar-refractivity contribution in [2.45, 2.75) is 20.4 Å². The molecular weight excluding hydrogens is 328 g/mol. The Bertz CT molecular complexity index is 1040. The second kappa shape index (κ2) is 5.98. The molecule has 0 unspecified atom stereocenters. The highest BCUT2D eigenvalue weighted by atomic mass is 35.5. The molecule has 0 radical (unpaired) electrons. The van der Waals surface area contributed by atoms with E-state index in [1.54, 1.807) is 17.8 Å². The third kappa shape index (κ3) is 2.61. The van der Waals surface area contributed by atoms with Crippen LogP contribution in [-0.2, 0) is 13.6 Å². The van der Waals surface area contributed by atoms with E-state index in [1.807, 2.05) is 19.9 Å². The van der Waals surface area contributed by atoms with Gasteiger partial charge in [-0.25, -0.2) is 9.97 Å². The smallest absolute Gasteiger partial charge is 0.273 e. The number of nitrogens with one attached hydrogen (secondary N) is 2. The van der Waals surface area contributed by atoms with Crippen LogP contribution in [0.15, 0.2) is 17.1 Å². The van der Waals surface area contributed by atoms with E-state index in [0.29, 0.717) is 34.0 Å². The normalized spacial score (nSPS) is 10.8. The molecule has 0 saturated heterocycles. The number of pyridine rings is 2. The largest absolute Gasteiger partial charge is 0.365 e. The van der Waals surface area contributed by atoms with Crippen LogP contribution in [0.1, 0.15) is 22.4 Å². The fourth-order valence-electron chi connectivity index (χ4n) is 2.71. The minimum Gasteiger partial charge on any atom is -0.365 e. The molecule has 122 valence electrons. The zero-order valence-electron chi connectivity index (χ0n) is 13.4. The van der Waals surface area contributed by atoms with Gasteiger partial charge in [-0.15, -0.1) is 0 Å². The third-order valence-electron chi connectivity index (χ3n) is 3.98. The fourth-order valence-corrected chi connectivity index (χ4v) is 2.94. The molecule has 3 aromatic heterocycles. The predicted molar refractivity (Wildman–Crippen MR) is 92.1 cm³/mol. The molecule has 0 saturated carbocycles. The number of fused-ring (bicyclic) bond motifs is 1. The van der Waals surface area contributed by atoms with Gasteiger partial charge in [0, 0.05) is 25.5 Å². The van der Waals surface area contributed by atoms with E-state index in [2.05, 4.69) is 20.4 Å². The molecule has 24 heavy (non-hydrogen) atoms. The van der Waals surface area contributed by atoms with E-state index < -0.39 is 0 Å². The van der Waals surface area contributed by atoms with E-state index in [4.69, 9.17) is 16.9 Å². The molecule has 0 aliphatic rings. The van der Waals surface area contributed by atoms with Crippen LogP contribution >= 0.6 is 11.6 Å². The first kappa shape index (κ1) is 16.0. The summed E-state index contributed by atoms with van der Waals surface area (Å²) in [7, 11) is 1.76. The number of nitrogens with zero attached hydrogens (tertiary/aromatic N) is 4. The number of aromatic nitrogens is 4. The first-order chi connectivity index (χ1) is 11.4. The lowest BCUT2D eigenvalue weighted by Crippen LogP contribution is -2.09. The standard InChI is InChI=1S/C16H15ClN6O/c1-8-11(7-20-14-12(17)4-10(5-18)6-19-14)9(2)21-15-13(8)16(24)22-23(15)3/h4,6H,7H2,1-3H3,(H,19,20)(H,22,24). The molecule has 0 aliphatic heterocycles. The van der Waals surface area contributed by atoms with Gasteiger partial charge in [-0.05, 0) is 31.0 Å². The van der Waals surface area contributed by atoms with E-state index in [9.17, 15) is 4.79 Å². The van der Waals surface area contributed by atoms with Gasteiger partial charge in [-0.2, -0.15) is 5.26 Å². The van der Waals surface area contributed by atoms with Gasteiger partial charge >= 0.3 is 0 Å². The Morgan fingerprint density at radius 2 is 2.21 bits per heavy atom. The van der Waals surface area contributed by atoms with Crippen LogP contribution in [0.4, 0.5) is 5.82 Å². The van der Waals surface area contributed by atoms with E-state index in [1.165, 1.54) is 6.20 Å². The van der Waals surface area contributed by atoms with Crippen LogP contribution in [0, 0.1) is 25.2 Å². The Morgan fingerprint density at radius 3 is 2.88 bits per heavy atom. The maximum absolute atomic E-state index is 12.1. The van der Waals surface area contributed by atoms with Crippen molar-refractivity contribution in [1.29, 1.82) is 5.26 Å². The highest BCUT2D eigenvalue weighted by Crippen LogP contribution is 2.23. The summed E-state index contributed by atoms with van der Waals surface area (Å²) < 4.78 is 1.62. The van der Waals surface area contributed by atoms with Crippen molar-refractivity contribution in [2.24, 2.45) is 7.05 Å². The summed E-state index contributed by atoms with van der Waals surface area (Å²) in [6.07, 6.45) is 1.46. The third-order valence-corrected chi connectivity index (χ3v) is 4.27. The Balaban J connectivity index is 1.98. The molecular formula is C16H15ClN6O. The summed E-state index contributed by atoms with van der Waals surface area (Å²) in [6.45, 7) is 4.22. The minimum atomic E-state index is -0.159. The lowest BCUT2D eigenvalue weighted by atomic mass is 10.0. The molecule has 7 nitrogen and oxygen atoms in total. The van der Waals surface area contributed by atoms with Gasteiger partial charge in [-0.3, -0.25) is 14.6 Å². The molecule has 3 aromatic rings. The average molecular weight is 343 g/mol. The molecule has 0 spiro atoms. The van der Waals surface area contributed by atoms with Crippen molar-refractivity contribution < 1.29 is 0 Å². The van der Waals surface area contributed by atoms with Crippen molar-refractivity contribution in [3.05, 3.63) is 50.0 Å². The van der Waals surface area contributed by atoms with Crippen LogP contribution in [0.3, 0.4) is 0 Å². The van der Waals surface area contributed by atoms with Crippen LogP contribution in [0.5, 0.6) is 0 Å². The molecule has 0 atom stereocenters. The number of aryl methyl sites for hydroxylation is 3. The van der Waals surface area contributed by atoms with Gasteiger partial charge in [-0.1, -0.05) is 11.6 Å². The molecule has 3 rings (SSSR count). The highest BCUT2D eigenvalue weighted by molar-refractivity contribution is 6.33. The molecule has 3 heterocycles. The van der Waals surface area contributed by atoms with Gasteiger partial charge in [0.1, 0.15) is 11.9 Å². The van der Waals surface area contributed by atoms with Crippen molar-refractivity contribution >= 4 is 28.5 Å². The van der Waals surface area contributed by atoms with Crippen LogP contribution in [0.2, 0.25) is 5.02 Å². The lowest BCUT2D eigenvalue weighted by Gasteiger charge is -2.12. The maximum atomic E-state index is 12.1. The van der Waals surface area contributed by atoms with Crippen LogP contribution in [-0.4, -0.2) is 19.7 Å². The van der Waals surface area contributed by atoms with Gasteiger partial charge < -0.3 is 5.32 Å². The zero-order chi connectivity index (χ0) is 17.4.